The normalized spacial score (nSPS) is 14.6. The fourth-order valence-corrected chi connectivity index (χ4v) is 3.44. The highest BCUT2D eigenvalue weighted by atomic mass is 35.5. The lowest BCUT2D eigenvalue weighted by molar-refractivity contribution is -0.116. The molecule has 0 atom stereocenters. The number of ether oxygens (including phenoxy) is 4. The number of methoxy groups -OCH3 is 2. The van der Waals surface area contributed by atoms with Crippen molar-refractivity contribution in [2.75, 3.05) is 20.8 Å². The number of aromatic nitrogens is 1. The highest BCUT2D eigenvalue weighted by Gasteiger charge is 2.15. The third-order valence-electron chi connectivity index (χ3n) is 5.26. The van der Waals surface area contributed by atoms with Crippen LogP contribution in [0.15, 0.2) is 99.5 Å². The first kappa shape index (κ1) is 30.6. The van der Waals surface area contributed by atoms with Crippen molar-refractivity contribution in [3.05, 3.63) is 84.5 Å². The number of aliphatic imine (C=N–C) groups is 3. The maximum atomic E-state index is 12.8. The molecule has 1 aliphatic rings. The number of nitrogens with one attached hydrogen (secondary N) is 1. The quantitative estimate of drug-likeness (QED) is 0.167. The molecular weight excluding hydrogens is 548 g/mol. The number of benzene rings is 1. The Hall–Kier alpha value is -4.90. The molecule has 3 N–H and O–H groups in total. The first-order valence-electron chi connectivity index (χ1n) is 12.5. The van der Waals surface area contributed by atoms with Gasteiger partial charge < -0.3 is 30.0 Å². The van der Waals surface area contributed by atoms with Gasteiger partial charge >= 0.3 is 0 Å². The van der Waals surface area contributed by atoms with Gasteiger partial charge in [0.1, 0.15) is 28.2 Å². The third-order valence-corrected chi connectivity index (χ3v) is 5.35. The Morgan fingerprint density at radius 1 is 1.17 bits per heavy atom. The monoisotopic (exact) mass is 578 g/mol. The van der Waals surface area contributed by atoms with Crippen molar-refractivity contribution < 1.29 is 23.7 Å². The number of allylic oxidation sites excluding steroid dienone is 4. The smallest absolute Gasteiger partial charge is 0.276 e. The maximum absolute atomic E-state index is 12.8. The van der Waals surface area contributed by atoms with Gasteiger partial charge in [-0.2, -0.15) is 0 Å². The molecule has 11 nitrogen and oxygen atoms in total. The summed E-state index contributed by atoms with van der Waals surface area (Å²) in [5.41, 5.74) is 6.59. The second-order valence-corrected chi connectivity index (χ2v) is 8.65. The van der Waals surface area contributed by atoms with Gasteiger partial charge in [0, 0.05) is 36.5 Å². The summed E-state index contributed by atoms with van der Waals surface area (Å²) in [6.45, 7) is 3.72. The van der Waals surface area contributed by atoms with Gasteiger partial charge in [0.05, 0.1) is 38.8 Å². The Kier molecular flexibility index (Phi) is 11.7. The molecule has 3 rings (SSSR count). The van der Waals surface area contributed by atoms with Crippen LogP contribution in [0.3, 0.4) is 0 Å². The average molecular weight is 579 g/mol. The first-order chi connectivity index (χ1) is 19.9. The predicted molar refractivity (Wildman–Crippen MR) is 161 cm³/mol. The van der Waals surface area contributed by atoms with Crippen LogP contribution in [-0.2, 0) is 9.53 Å². The Labute approximate surface area is 243 Å². The van der Waals surface area contributed by atoms with E-state index in [9.17, 15) is 4.79 Å². The minimum Gasteiger partial charge on any atom is -0.493 e. The van der Waals surface area contributed by atoms with Crippen molar-refractivity contribution in [3.8, 4) is 17.2 Å². The van der Waals surface area contributed by atoms with Crippen molar-refractivity contribution >= 4 is 45.6 Å². The second kappa shape index (κ2) is 15.6. The van der Waals surface area contributed by atoms with Crippen molar-refractivity contribution in [2.24, 2.45) is 20.7 Å². The van der Waals surface area contributed by atoms with Gasteiger partial charge in [-0.25, -0.2) is 9.98 Å². The lowest BCUT2D eigenvalue weighted by Crippen LogP contribution is -2.34. The number of rotatable bonds is 11. The number of nitrogens with zero attached hydrogens (tertiary/aromatic N) is 4. The highest BCUT2D eigenvalue weighted by Crippen LogP contribution is 2.36. The standard InChI is InChI=1S/C29H31ClN6O5/c1-5-40-26(18-32-12-6-7-13-33-19(2)30)28(31)29(37)36-27-10-8-9-20(17-35-27)41-23-11-14-34-22-16-25(39-4)24(38-3)15-21(22)23/h6-8,10-18H,5,9,31H2,1-4H3,(H,35,36,37)/b12-6+,13-7-,28-26?,32-18?,33-19?. The summed E-state index contributed by atoms with van der Waals surface area (Å²) in [5, 5.41) is 3.82. The number of carbonyl (C=O) groups is 1. The molecule has 1 aromatic carbocycles. The van der Waals surface area contributed by atoms with E-state index in [1.807, 2.05) is 6.08 Å². The fourth-order valence-electron chi connectivity index (χ4n) is 3.38. The molecule has 2 aromatic rings. The molecular formula is C29H31ClN6O5. The number of hydrogen-bond acceptors (Lipinski definition) is 10. The maximum Gasteiger partial charge on any atom is 0.276 e. The second-order valence-electron chi connectivity index (χ2n) is 8.10. The van der Waals surface area contributed by atoms with E-state index in [0.29, 0.717) is 40.1 Å². The van der Waals surface area contributed by atoms with Gasteiger partial charge in [-0.15, -0.1) is 0 Å². The summed E-state index contributed by atoms with van der Waals surface area (Å²) >= 11 is 5.65. The Morgan fingerprint density at radius 3 is 2.66 bits per heavy atom. The number of nitrogens with two attached hydrogens (primary N) is 1. The molecule has 2 heterocycles. The topological polar surface area (TPSA) is 142 Å². The van der Waals surface area contributed by atoms with Gasteiger partial charge in [0.25, 0.3) is 5.91 Å². The molecule has 41 heavy (non-hydrogen) atoms. The largest absolute Gasteiger partial charge is 0.493 e. The summed E-state index contributed by atoms with van der Waals surface area (Å²) in [6.07, 6.45) is 14.7. The average Bonchev–Trinajstić information content (AvgIpc) is 3.19. The van der Waals surface area contributed by atoms with Gasteiger partial charge in [0.15, 0.2) is 17.3 Å². The zero-order chi connectivity index (χ0) is 29.6. The fraction of sp³-hybridized carbons (Fsp3) is 0.207. The summed E-state index contributed by atoms with van der Waals surface area (Å²) in [7, 11) is 3.13. The van der Waals surface area contributed by atoms with Crippen LogP contribution < -0.4 is 25.3 Å². The van der Waals surface area contributed by atoms with Gasteiger partial charge in [-0.1, -0.05) is 17.7 Å². The van der Waals surface area contributed by atoms with Crippen LogP contribution in [0.1, 0.15) is 20.3 Å². The molecule has 0 saturated heterocycles. The third kappa shape index (κ3) is 9.07. The van der Waals surface area contributed by atoms with E-state index >= 15 is 0 Å². The van der Waals surface area contributed by atoms with Crippen molar-refractivity contribution in [1.82, 2.24) is 10.3 Å². The number of amides is 1. The highest BCUT2D eigenvalue weighted by molar-refractivity contribution is 6.64. The molecule has 0 radical (unpaired) electrons. The number of fused-ring (bicyclic) bond motifs is 1. The van der Waals surface area contributed by atoms with E-state index in [0.717, 1.165) is 5.39 Å². The zero-order valence-corrected chi connectivity index (χ0v) is 23.9. The number of amidine groups is 1. The molecule has 1 aliphatic heterocycles. The van der Waals surface area contributed by atoms with E-state index in [2.05, 4.69) is 25.3 Å². The molecule has 0 bridgehead atoms. The van der Waals surface area contributed by atoms with E-state index in [1.54, 1.807) is 70.7 Å². The van der Waals surface area contributed by atoms with Crippen LogP contribution in [-0.4, -0.2) is 48.9 Å². The van der Waals surface area contributed by atoms with Crippen LogP contribution in [0.4, 0.5) is 0 Å². The number of hydrogen-bond donors (Lipinski definition) is 2. The molecule has 0 saturated carbocycles. The minimum absolute atomic E-state index is 0.114. The SMILES string of the molecule is CCOC(C=N/C=C/C=C\N=C(C)Cl)=C(N)C(=O)NC1=NC=C(Oc2ccnc3cc(OC)c(OC)cc23)CC=C1. The van der Waals surface area contributed by atoms with E-state index in [1.165, 1.54) is 24.8 Å². The molecule has 214 valence electrons. The summed E-state index contributed by atoms with van der Waals surface area (Å²) in [5.74, 6) is 2.02. The van der Waals surface area contributed by atoms with Crippen molar-refractivity contribution in [3.63, 3.8) is 0 Å². The van der Waals surface area contributed by atoms with Gasteiger partial charge in [-0.05, 0) is 44.2 Å². The summed E-state index contributed by atoms with van der Waals surface area (Å²) < 4.78 is 22.4. The summed E-state index contributed by atoms with van der Waals surface area (Å²) in [6, 6.07) is 5.33. The van der Waals surface area contributed by atoms with Crippen molar-refractivity contribution in [2.45, 2.75) is 20.3 Å². The predicted octanol–water partition coefficient (Wildman–Crippen LogP) is 4.91. The Balaban J connectivity index is 1.74. The zero-order valence-electron chi connectivity index (χ0n) is 23.1. The van der Waals surface area contributed by atoms with Crippen LogP contribution in [0.5, 0.6) is 17.2 Å². The number of halogens is 1. The molecule has 12 heteroatoms. The Morgan fingerprint density at radius 2 is 1.93 bits per heavy atom. The molecule has 0 spiro atoms. The van der Waals surface area contributed by atoms with Gasteiger partial charge in [0.2, 0.25) is 0 Å². The lowest BCUT2D eigenvalue weighted by atomic mass is 10.2. The minimum atomic E-state index is -0.599. The van der Waals surface area contributed by atoms with Crippen molar-refractivity contribution in [1.29, 1.82) is 0 Å². The molecule has 0 unspecified atom stereocenters. The molecule has 0 aliphatic carbocycles. The van der Waals surface area contributed by atoms with E-state index < -0.39 is 5.91 Å². The van der Waals surface area contributed by atoms with Crippen LogP contribution in [0, 0.1) is 0 Å². The lowest BCUT2D eigenvalue weighted by Gasteiger charge is -2.13. The van der Waals surface area contributed by atoms with E-state index in [4.69, 9.17) is 36.3 Å². The van der Waals surface area contributed by atoms with Gasteiger partial charge in [-0.3, -0.25) is 14.8 Å². The van der Waals surface area contributed by atoms with Crippen LogP contribution in [0.2, 0.25) is 0 Å². The summed E-state index contributed by atoms with van der Waals surface area (Å²) in [4.78, 5) is 29.6. The Bertz CT molecular complexity index is 1500. The molecule has 1 aromatic heterocycles. The van der Waals surface area contributed by atoms with Crippen LogP contribution >= 0.6 is 11.6 Å². The number of carbonyl (C=O) groups excluding carboxylic acids is 1. The first-order valence-corrected chi connectivity index (χ1v) is 12.8. The van der Waals surface area contributed by atoms with Crippen LogP contribution in [0.25, 0.3) is 10.9 Å². The van der Waals surface area contributed by atoms with E-state index in [-0.39, 0.29) is 23.9 Å². The molecule has 1 amide bonds. The number of pyridine rings is 1. The molecule has 0 fully saturated rings.